The van der Waals surface area contributed by atoms with E-state index in [1.807, 2.05) is 23.6 Å². The molecule has 2 aromatic heterocycles. The van der Waals surface area contributed by atoms with Gasteiger partial charge in [-0.15, -0.1) is 11.3 Å². The molecule has 0 fully saturated rings. The minimum absolute atomic E-state index is 0.344. The van der Waals surface area contributed by atoms with Crippen molar-refractivity contribution in [1.29, 1.82) is 0 Å². The van der Waals surface area contributed by atoms with Gasteiger partial charge in [-0.25, -0.2) is 4.79 Å². The van der Waals surface area contributed by atoms with Crippen molar-refractivity contribution in [1.82, 2.24) is 9.97 Å². The summed E-state index contributed by atoms with van der Waals surface area (Å²) in [4.78, 5) is 19.2. The second kappa shape index (κ2) is 3.98. The fraction of sp³-hybridized carbons (Fsp3) is 0. The lowest BCUT2D eigenvalue weighted by Crippen LogP contribution is -2.10. The summed E-state index contributed by atoms with van der Waals surface area (Å²) in [5.41, 5.74) is 1.09. The first kappa shape index (κ1) is 10.5. The quantitative estimate of drug-likeness (QED) is 0.731. The molecule has 5 heteroatoms. The van der Waals surface area contributed by atoms with E-state index in [0.717, 1.165) is 15.8 Å². The largest absolute Gasteiger partial charge is 0.346 e. The number of hydrogen-bond acceptors (Lipinski definition) is 3. The second-order valence-corrected chi connectivity index (χ2v) is 4.94. The van der Waals surface area contributed by atoms with Gasteiger partial charge in [-0.3, -0.25) is 0 Å². The number of aromatic nitrogens is 2. The van der Waals surface area contributed by atoms with Crippen molar-refractivity contribution < 1.29 is 0 Å². The minimum Gasteiger partial charge on any atom is -0.305 e. The fourth-order valence-electron chi connectivity index (χ4n) is 1.73. The predicted molar refractivity (Wildman–Crippen MR) is 70.7 cm³/mol. The van der Waals surface area contributed by atoms with E-state index in [4.69, 9.17) is 11.6 Å². The average Bonchev–Trinajstić information content (AvgIpc) is 2.82. The Kier molecular flexibility index (Phi) is 2.46. The Morgan fingerprint density at radius 2 is 2.18 bits per heavy atom. The molecule has 0 amide bonds. The minimum atomic E-state index is -0.344. The van der Waals surface area contributed by atoms with Crippen molar-refractivity contribution in [2.75, 3.05) is 0 Å². The molecule has 0 aliphatic carbocycles. The van der Waals surface area contributed by atoms with Gasteiger partial charge in [0.2, 0.25) is 0 Å². The Balaban J connectivity index is 2.44. The molecule has 0 aliphatic rings. The van der Waals surface area contributed by atoms with Gasteiger partial charge in [0.05, 0.1) is 16.1 Å². The molecule has 3 aromatic rings. The topological polar surface area (TPSA) is 45.8 Å². The van der Waals surface area contributed by atoms with E-state index < -0.39 is 0 Å². The number of thiophene rings is 1. The van der Waals surface area contributed by atoms with Crippen LogP contribution in [0.4, 0.5) is 0 Å². The van der Waals surface area contributed by atoms with Gasteiger partial charge >= 0.3 is 5.69 Å². The smallest absolute Gasteiger partial charge is 0.305 e. The zero-order valence-corrected chi connectivity index (χ0v) is 10.2. The van der Waals surface area contributed by atoms with E-state index >= 15 is 0 Å². The molecule has 1 N–H and O–H groups in total. The van der Waals surface area contributed by atoms with Gasteiger partial charge < -0.3 is 4.98 Å². The second-order valence-electron chi connectivity index (χ2n) is 3.56. The van der Waals surface area contributed by atoms with Gasteiger partial charge in [-0.1, -0.05) is 17.7 Å². The molecule has 3 nitrogen and oxygen atoms in total. The lowest BCUT2D eigenvalue weighted by atomic mass is 10.1. The van der Waals surface area contributed by atoms with Crippen molar-refractivity contribution in [2.45, 2.75) is 0 Å². The maximum atomic E-state index is 11.5. The maximum Gasteiger partial charge on any atom is 0.346 e. The molecule has 0 unspecified atom stereocenters. The number of fused-ring (bicyclic) bond motifs is 1. The van der Waals surface area contributed by atoms with Gasteiger partial charge in [0.15, 0.2) is 0 Å². The van der Waals surface area contributed by atoms with Crippen LogP contribution in [0.1, 0.15) is 0 Å². The zero-order valence-electron chi connectivity index (χ0n) is 8.61. The number of aromatic amines is 1. The molecular formula is C12H7ClN2OS. The third-order valence-electron chi connectivity index (χ3n) is 2.45. The number of nitrogens with one attached hydrogen (secondary N) is 1. The third-order valence-corrected chi connectivity index (χ3v) is 3.56. The summed E-state index contributed by atoms with van der Waals surface area (Å²) >= 11 is 7.52. The number of rotatable bonds is 1. The number of H-pyrrole nitrogens is 1. The molecule has 0 saturated carbocycles. The summed E-state index contributed by atoms with van der Waals surface area (Å²) in [6.45, 7) is 0. The first-order valence-electron chi connectivity index (χ1n) is 4.97. The van der Waals surface area contributed by atoms with Crippen molar-refractivity contribution in [3.05, 3.63) is 51.2 Å². The number of hydrogen-bond donors (Lipinski definition) is 1. The van der Waals surface area contributed by atoms with Crippen molar-refractivity contribution in [3.8, 4) is 10.6 Å². The molecule has 0 bridgehead atoms. The van der Waals surface area contributed by atoms with Crippen molar-refractivity contribution >= 4 is 33.8 Å². The van der Waals surface area contributed by atoms with Crippen LogP contribution in [0.25, 0.3) is 21.5 Å². The Morgan fingerprint density at radius 3 is 2.94 bits per heavy atom. The summed E-state index contributed by atoms with van der Waals surface area (Å²) in [7, 11) is 0. The highest BCUT2D eigenvalue weighted by Crippen LogP contribution is 2.29. The molecule has 0 saturated heterocycles. The van der Waals surface area contributed by atoms with E-state index in [2.05, 4.69) is 9.97 Å². The Bertz CT molecular complexity index is 734. The van der Waals surface area contributed by atoms with E-state index in [0.29, 0.717) is 10.7 Å². The molecule has 0 radical (unpaired) electrons. The van der Waals surface area contributed by atoms with E-state index in [9.17, 15) is 4.79 Å². The monoisotopic (exact) mass is 262 g/mol. The molecule has 84 valence electrons. The lowest BCUT2D eigenvalue weighted by molar-refractivity contribution is 1.13. The first-order valence-corrected chi connectivity index (χ1v) is 6.23. The van der Waals surface area contributed by atoms with Crippen LogP contribution >= 0.6 is 22.9 Å². The predicted octanol–water partition coefficient (Wildman–Crippen LogP) is 3.31. The zero-order chi connectivity index (χ0) is 11.8. The highest BCUT2D eigenvalue weighted by Gasteiger charge is 2.08. The number of nitrogens with zero attached hydrogens (tertiary/aromatic N) is 1. The SMILES string of the molecule is O=c1nc(-c2cccs2)c2cc(Cl)ccc2[nH]1. The lowest BCUT2D eigenvalue weighted by Gasteiger charge is -2.03. The Hall–Kier alpha value is -1.65. The van der Waals surface area contributed by atoms with Gasteiger partial charge in [0.25, 0.3) is 0 Å². The van der Waals surface area contributed by atoms with Crippen LogP contribution in [-0.2, 0) is 0 Å². The molecule has 0 aliphatic heterocycles. The highest BCUT2D eigenvalue weighted by molar-refractivity contribution is 7.13. The number of benzene rings is 1. The summed E-state index contributed by atoms with van der Waals surface area (Å²) < 4.78 is 0. The Labute approximate surface area is 106 Å². The average molecular weight is 263 g/mol. The van der Waals surface area contributed by atoms with E-state index in [-0.39, 0.29) is 5.69 Å². The van der Waals surface area contributed by atoms with Crippen molar-refractivity contribution in [2.24, 2.45) is 0 Å². The van der Waals surface area contributed by atoms with Gasteiger partial charge in [0.1, 0.15) is 0 Å². The fourth-order valence-corrected chi connectivity index (χ4v) is 2.63. The molecule has 3 rings (SSSR count). The van der Waals surface area contributed by atoms with Gasteiger partial charge in [0, 0.05) is 10.4 Å². The van der Waals surface area contributed by atoms with Crippen LogP contribution in [0.3, 0.4) is 0 Å². The van der Waals surface area contributed by atoms with E-state index in [1.165, 1.54) is 0 Å². The summed E-state index contributed by atoms with van der Waals surface area (Å²) in [5.74, 6) is 0. The van der Waals surface area contributed by atoms with Crippen LogP contribution < -0.4 is 5.69 Å². The summed E-state index contributed by atoms with van der Waals surface area (Å²) in [6.07, 6.45) is 0. The Morgan fingerprint density at radius 1 is 1.29 bits per heavy atom. The summed E-state index contributed by atoms with van der Waals surface area (Å²) in [5, 5.41) is 3.44. The van der Waals surface area contributed by atoms with E-state index in [1.54, 1.807) is 23.5 Å². The van der Waals surface area contributed by atoms with Crippen LogP contribution in [0.5, 0.6) is 0 Å². The van der Waals surface area contributed by atoms with Crippen LogP contribution in [0.15, 0.2) is 40.5 Å². The first-order chi connectivity index (χ1) is 8.24. The molecule has 2 heterocycles. The molecule has 1 aromatic carbocycles. The van der Waals surface area contributed by atoms with Crippen LogP contribution in [0, 0.1) is 0 Å². The van der Waals surface area contributed by atoms with Crippen molar-refractivity contribution in [3.63, 3.8) is 0 Å². The summed E-state index contributed by atoms with van der Waals surface area (Å²) in [6, 6.07) is 9.22. The highest BCUT2D eigenvalue weighted by atomic mass is 35.5. The maximum absolute atomic E-state index is 11.5. The standard InChI is InChI=1S/C12H7ClN2OS/c13-7-3-4-9-8(6-7)11(15-12(16)14-9)10-2-1-5-17-10/h1-6H,(H,14,15,16). The molecule has 17 heavy (non-hydrogen) atoms. The van der Waals surface area contributed by atoms with Crippen LogP contribution in [-0.4, -0.2) is 9.97 Å². The van der Waals surface area contributed by atoms with Gasteiger partial charge in [-0.2, -0.15) is 4.98 Å². The third kappa shape index (κ3) is 1.85. The molecular weight excluding hydrogens is 256 g/mol. The molecule has 0 spiro atoms. The van der Waals surface area contributed by atoms with Gasteiger partial charge in [-0.05, 0) is 29.6 Å². The molecule has 0 atom stereocenters. The number of halogens is 1. The van der Waals surface area contributed by atoms with Crippen LogP contribution in [0.2, 0.25) is 5.02 Å². The normalized spacial score (nSPS) is 10.9.